The van der Waals surface area contributed by atoms with Gasteiger partial charge < -0.3 is 15.7 Å². The van der Waals surface area contributed by atoms with E-state index in [-0.39, 0.29) is 0 Å². The molecule has 6 nitrogen and oxygen atoms in total. The number of carboxylic acid groups (broad SMARTS) is 1. The first-order chi connectivity index (χ1) is 9.91. The van der Waals surface area contributed by atoms with E-state index in [1.54, 1.807) is 6.20 Å². The highest BCUT2D eigenvalue weighted by Crippen LogP contribution is 2.32. The highest BCUT2D eigenvalue weighted by molar-refractivity contribution is 7.11. The summed E-state index contributed by atoms with van der Waals surface area (Å²) in [7, 11) is 0. The molecule has 1 heterocycles. The minimum Gasteiger partial charge on any atom is -0.480 e. The second-order valence-electron chi connectivity index (χ2n) is 5.74. The zero-order valence-corrected chi connectivity index (χ0v) is 13.1. The Hall–Kier alpha value is -1.63. The van der Waals surface area contributed by atoms with E-state index in [2.05, 4.69) is 15.6 Å². The molecule has 2 unspecified atom stereocenters. The van der Waals surface area contributed by atoms with Crippen LogP contribution in [0.4, 0.5) is 4.79 Å². The van der Waals surface area contributed by atoms with Crippen molar-refractivity contribution in [3.05, 3.63) is 16.1 Å². The molecule has 3 N–H and O–H groups in total. The lowest BCUT2D eigenvalue weighted by Gasteiger charge is -2.36. The van der Waals surface area contributed by atoms with Crippen LogP contribution in [0.1, 0.15) is 42.5 Å². The number of nitrogens with one attached hydrogen (secondary N) is 2. The molecular weight excluding hydrogens is 290 g/mol. The third kappa shape index (κ3) is 3.93. The highest BCUT2D eigenvalue weighted by atomic mass is 32.1. The summed E-state index contributed by atoms with van der Waals surface area (Å²) >= 11 is 1.51. The number of nitrogens with zero attached hydrogens (tertiary/aromatic N) is 1. The molecule has 2 rings (SSSR count). The van der Waals surface area contributed by atoms with Gasteiger partial charge in [-0.2, -0.15) is 0 Å². The summed E-state index contributed by atoms with van der Waals surface area (Å²) in [6.07, 6.45) is 4.52. The molecule has 1 fully saturated rings. The van der Waals surface area contributed by atoms with Crippen molar-refractivity contribution < 1.29 is 14.7 Å². The maximum atomic E-state index is 12.0. The van der Waals surface area contributed by atoms with Crippen LogP contribution in [0.15, 0.2) is 6.20 Å². The van der Waals surface area contributed by atoms with Crippen LogP contribution in [0.5, 0.6) is 0 Å². The van der Waals surface area contributed by atoms with Gasteiger partial charge in [-0.25, -0.2) is 14.6 Å². The Balaban J connectivity index is 1.94. The summed E-state index contributed by atoms with van der Waals surface area (Å²) in [5, 5.41) is 15.8. The fraction of sp³-hybridized carbons (Fsp3) is 0.643. The zero-order valence-electron chi connectivity index (χ0n) is 12.3. The largest absolute Gasteiger partial charge is 0.480 e. The van der Waals surface area contributed by atoms with Crippen LogP contribution in [0.25, 0.3) is 0 Å². The van der Waals surface area contributed by atoms with Gasteiger partial charge in [-0.3, -0.25) is 0 Å². The Kier molecular flexibility index (Phi) is 4.82. The molecule has 21 heavy (non-hydrogen) atoms. The molecular formula is C14H21N3O3S. The number of hydrogen-bond acceptors (Lipinski definition) is 4. The summed E-state index contributed by atoms with van der Waals surface area (Å²) in [5.41, 5.74) is -1.13. The summed E-state index contributed by atoms with van der Waals surface area (Å²) in [6, 6.07) is -0.433. The van der Waals surface area contributed by atoms with Crippen molar-refractivity contribution in [3.8, 4) is 0 Å². The molecule has 1 saturated carbocycles. The Morgan fingerprint density at radius 2 is 2.33 bits per heavy atom. The molecule has 0 saturated heterocycles. The molecule has 7 heteroatoms. The summed E-state index contributed by atoms with van der Waals surface area (Å²) in [5.74, 6) is -0.642. The number of aryl methyl sites for hydroxylation is 1. The van der Waals surface area contributed by atoms with Crippen molar-refractivity contribution in [2.24, 2.45) is 5.92 Å². The molecule has 0 spiro atoms. The fourth-order valence-corrected chi connectivity index (χ4v) is 3.56. The molecule has 0 aliphatic heterocycles. The number of hydrogen-bond donors (Lipinski definition) is 3. The molecule has 0 radical (unpaired) electrons. The fourth-order valence-electron chi connectivity index (χ4n) is 2.83. The maximum absolute atomic E-state index is 12.0. The van der Waals surface area contributed by atoms with E-state index in [4.69, 9.17) is 0 Å². The number of rotatable bonds is 4. The standard InChI is InChI=1S/C14H21N3O3S/c1-9-4-3-5-14(6-9,12(18)19)17-13(20)16-8-11-7-15-10(2)21-11/h7,9H,3-6,8H2,1-2H3,(H,18,19)(H2,16,17,20). The average Bonchev–Trinajstić information content (AvgIpc) is 2.82. The topological polar surface area (TPSA) is 91.3 Å². The Morgan fingerprint density at radius 3 is 2.90 bits per heavy atom. The van der Waals surface area contributed by atoms with E-state index in [1.807, 2.05) is 13.8 Å². The van der Waals surface area contributed by atoms with Gasteiger partial charge in [0.25, 0.3) is 0 Å². The van der Waals surface area contributed by atoms with Gasteiger partial charge in [0.1, 0.15) is 5.54 Å². The van der Waals surface area contributed by atoms with Crippen LogP contribution in [0, 0.1) is 12.8 Å². The normalized spacial score (nSPS) is 25.3. The predicted molar refractivity (Wildman–Crippen MR) is 80.2 cm³/mol. The van der Waals surface area contributed by atoms with Crippen LogP contribution >= 0.6 is 11.3 Å². The Bertz CT molecular complexity index is 531. The minimum absolute atomic E-state index is 0.305. The van der Waals surface area contributed by atoms with Crippen LogP contribution in [-0.4, -0.2) is 27.6 Å². The SMILES string of the molecule is Cc1ncc(CNC(=O)NC2(C(=O)O)CCCC(C)C2)s1. The van der Waals surface area contributed by atoms with E-state index in [9.17, 15) is 14.7 Å². The first kappa shape index (κ1) is 15.8. The van der Waals surface area contributed by atoms with Crippen LogP contribution in [-0.2, 0) is 11.3 Å². The van der Waals surface area contributed by atoms with E-state index in [1.165, 1.54) is 11.3 Å². The number of urea groups is 1. The number of amides is 2. The molecule has 0 bridgehead atoms. The zero-order chi connectivity index (χ0) is 15.5. The quantitative estimate of drug-likeness (QED) is 0.795. The number of carbonyl (C=O) groups excluding carboxylic acids is 1. The summed E-state index contributed by atoms with van der Waals surface area (Å²) < 4.78 is 0. The van der Waals surface area contributed by atoms with Crippen molar-refractivity contribution >= 4 is 23.3 Å². The highest BCUT2D eigenvalue weighted by Gasteiger charge is 2.43. The molecule has 1 aromatic heterocycles. The first-order valence-corrected chi connectivity index (χ1v) is 7.94. The lowest BCUT2D eigenvalue weighted by molar-refractivity contribution is -0.146. The third-order valence-electron chi connectivity index (χ3n) is 3.85. The minimum atomic E-state index is -1.13. The van der Waals surface area contributed by atoms with Gasteiger partial charge >= 0.3 is 12.0 Å². The van der Waals surface area contributed by atoms with Crippen molar-refractivity contribution in [1.82, 2.24) is 15.6 Å². The number of thiazole rings is 1. The van der Waals surface area contributed by atoms with Gasteiger partial charge in [0, 0.05) is 11.1 Å². The molecule has 116 valence electrons. The molecule has 1 aromatic rings. The number of carbonyl (C=O) groups is 2. The van der Waals surface area contributed by atoms with E-state index in [0.29, 0.717) is 25.3 Å². The monoisotopic (exact) mass is 311 g/mol. The molecule has 2 atom stereocenters. The van der Waals surface area contributed by atoms with Gasteiger partial charge in [0.05, 0.1) is 11.6 Å². The van der Waals surface area contributed by atoms with Crippen molar-refractivity contribution in [3.63, 3.8) is 0 Å². The van der Waals surface area contributed by atoms with Crippen LogP contribution in [0.2, 0.25) is 0 Å². The molecule has 0 aromatic carbocycles. The van der Waals surface area contributed by atoms with Crippen molar-refractivity contribution in [2.45, 2.75) is 51.6 Å². The number of aromatic nitrogens is 1. The second-order valence-corrected chi connectivity index (χ2v) is 7.06. The van der Waals surface area contributed by atoms with Gasteiger partial charge in [0.15, 0.2) is 0 Å². The average molecular weight is 311 g/mol. The third-order valence-corrected chi connectivity index (χ3v) is 4.76. The predicted octanol–water partition coefficient (Wildman–Crippen LogP) is 2.28. The van der Waals surface area contributed by atoms with E-state index >= 15 is 0 Å². The lowest BCUT2D eigenvalue weighted by Crippen LogP contribution is -2.58. The van der Waals surface area contributed by atoms with Crippen molar-refractivity contribution in [1.29, 1.82) is 0 Å². The van der Waals surface area contributed by atoms with Gasteiger partial charge in [0.2, 0.25) is 0 Å². The van der Waals surface area contributed by atoms with E-state index in [0.717, 1.165) is 22.7 Å². The van der Waals surface area contributed by atoms with Crippen LogP contribution < -0.4 is 10.6 Å². The second kappa shape index (κ2) is 6.43. The number of carboxylic acids is 1. The molecule has 2 amide bonds. The van der Waals surface area contributed by atoms with Gasteiger partial charge in [-0.1, -0.05) is 19.8 Å². The first-order valence-electron chi connectivity index (χ1n) is 7.12. The van der Waals surface area contributed by atoms with Crippen LogP contribution in [0.3, 0.4) is 0 Å². The lowest BCUT2D eigenvalue weighted by atomic mass is 9.76. The number of aliphatic carboxylic acids is 1. The molecule has 1 aliphatic carbocycles. The Morgan fingerprint density at radius 1 is 1.57 bits per heavy atom. The summed E-state index contributed by atoms with van der Waals surface area (Å²) in [4.78, 5) is 28.7. The van der Waals surface area contributed by atoms with Gasteiger partial charge in [-0.15, -0.1) is 11.3 Å². The summed E-state index contributed by atoms with van der Waals surface area (Å²) in [6.45, 7) is 4.29. The smallest absolute Gasteiger partial charge is 0.329 e. The maximum Gasteiger partial charge on any atom is 0.329 e. The Labute approximate surface area is 128 Å². The van der Waals surface area contributed by atoms with Gasteiger partial charge in [-0.05, 0) is 25.7 Å². The molecule has 1 aliphatic rings. The van der Waals surface area contributed by atoms with E-state index < -0.39 is 17.5 Å². The van der Waals surface area contributed by atoms with Crippen molar-refractivity contribution in [2.75, 3.05) is 0 Å².